The number of amides is 1. The van der Waals surface area contributed by atoms with Crippen LogP contribution >= 0.6 is 11.6 Å². The fourth-order valence-electron chi connectivity index (χ4n) is 1.25. The molecule has 1 amide bonds. The summed E-state index contributed by atoms with van der Waals surface area (Å²) in [5, 5.41) is 2.89. The van der Waals surface area contributed by atoms with E-state index in [9.17, 15) is 4.79 Å². The average molecular weight is 226 g/mol. The van der Waals surface area contributed by atoms with E-state index in [-0.39, 0.29) is 5.91 Å². The van der Waals surface area contributed by atoms with Gasteiger partial charge in [-0.3, -0.25) is 4.79 Å². The molecule has 1 atom stereocenters. The molecule has 0 radical (unpaired) electrons. The molecule has 1 rings (SSSR count). The van der Waals surface area contributed by atoms with Crippen molar-refractivity contribution in [3.05, 3.63) is 35.9 Å². The van der Waals surface area contributed by atoms with E-state index in [2.05, 4.69) is 12.2 Å². The molecule has 1 N–H and O–H groups in total. The Morgan fingerprint density at radius 3 is 2.67 bits per heavy atom. The van der Waals surface area contributed by atoms with Crippen molar-refractivity contribution in [2.45, 2.75) is 13.3 Å². The molecule has 3 heteroatoms. The van der Waals surface area contributed by atoms with Crippen LogP contribution in [0.4, 0.5) is 0 Å². The van der Waals surface area contributed by atoms with Gasteiger partial charge in [-0.15, -0.1) is 11.6 Å². The van der Waals surface area contributed by atoms with Gasteiger partial charge in [0.15, 0.2) is 0 Å². The van der Waals surface area contributed by atoms with Crippen molar-refractivity contribution < 1.29 is 4.79 Å². The summed E-state index contributed by atoms with van der Waals surface area (Å²) in [6.45, 7) is 2.76. The molecule has 0 saturated heterocycles. The Hall–Kier alpha value is -1.02. The third kappa shape index (κ3) is 4.34. The first-order chi connectivity index (χ1) is 7.24. The van der Waals surface area contributed by atoms with Crippen molar-refractivity contribution in [2.75, 3.05) is 12.4 Å². The lowest BCUT2D eigenvalue weighted by molar-refractivity contribution is 0.0948. The molecule has 82 valence electrons. The predicted octanol–water partition coefficient (Wildman–Crippen LogP) is 2.68. The molecule has 0 aliphatic carbocycles. The Bertz CT molecular complexity index is 300. The van der Waals surface area contributed by atoms with Gasteiger partial charge in [0.1, 0.15) is 0 Å². The Labute approximate surface area is 95.6 Å². The number of carbonyl (C=O) groups excluding carboxylic acids is 1. The Kier molecular flexibility index (Phi) is 5.19. The lowest BCUT2D eigenvalue weighted by Crippen LogP contribution is -2.28. The molecule has 0 saturated carbocycles. The highest BCUT2D eigenvalue weighted by atomic mass is 35.5. The standard InChI is InChI=1S/C12H16ClNO/c1-10(7-8-13)9-14-12(15)11-5-3-2-4-6-11/h2-6,10H,7-9H2,1H3,(H,14,15). The second-order valence-corrected chi connectivity index (χ2v) is 4.04. The van der Waals surface area contributed by atoms with Gasteiger partial charge in [0.05, 0.1) is 0 Å². The van der Waals surface area contributed by atoms with Gasteiger partial charge in [-0.25, -0.2) is 0 Å². The van der Waals surface area contributed by atoms with Crippen LogP contribution in [-0.2, 0) is 0 Å². The number of rotatable bonds is 5. The molecule has 1 unspecified atom stereocenters. The summed E-state index contributed by atoms with van der Waals surface area (Å²) in [5.74, 6) is 1.05. The highest BCUT2D eigenvalue weighted by Crippen LogP contribution is 2.03. The Morgan fingerprint density at radius 2 is 2.07 bits per heavy atom. The number of halogens is 1. The number of benzene rings is 1. The number of carbonyl (C=O) groups is 1. The topological polar surface area (TPSA) is 29.1 Å². The number of nitrogens with one attached hydrogen (secondary N) is 1. The van der Waals surface area contributed by atoms with E-state index in [0.717, 1.165) is 6.42 Å². The van der Waals surface area contributed by atoms with E-state index in [4.69, 9.17) is 11.6 Å². The molecule has 0 aliphatic rings. The minimum absolute atomic E-state index is 0.0166. The van der Waals surface area contributed by atoms with Gasteiger partial charge in [0.25, 0.3) is 5.91 Å². The molecule has 1 aromatic rings. The van der Waals surface area contributed by atoms with Crippen LogP contribution in [0.5, 0.6) is 0 Å². The summed E-state index contributed by atoms with van der Waals surface area (Å²) in [4.78, 5) is 11.6. The number of alkyl halides is 1. The van der Waals surface area contributed by atoms with Crippen molar-refractivity contribution >= 4 is 17.5 Å². The fourth-order valence-corrected chi connectivity index (χ4v) is 1.62. The van der Waals surface area contributed by atoms with E-state index in [0.29, 0.717) is 23.9 Å². The first-order valence-electron chi connectivity index (χ1n) is 5.13. The van der Waals surface area contributed by atoms with Gasteiger partial charge in [0.2, 0.25) is 0 Å². The van der Waals surface area contributed by atoms with E-state index < -0.39 is 0 Å². The van der Waals surface area contributed by atoms with Crippen LogP contribution in [0.3, 0.4) is 0 Å². The predicted molar refractivity (Wildman–Crippen MR) is 63.3 cm³/mol. The van der Waals surface area contributed by atoms with Crippen molar-refractivity contribution in [1.29, 1.82) is 0 Å². The average Bonchev–Trinajstić information content (AvgIpc) is 2.27. The molecule has 2 nitrogen and oxygen atoms in total. The van der Waals surface area contributed by atoms with Crippen molar-refractivity contribution in [3.63, 3.8) is 0 Å². The molecule has 0 bridgehead atoms. The van der Waals surface area contributed by atoms with Crippen LogP contribution < -0.4 is 5.32 Å². The zero-order chi connectivity index (χ0) is 11.1. The van der Waals surface area contributed by atoms with Crippen LogP contribution in [0.2, 0.25) is 0 Å². The maximum atomic E-state index is 11.6. The second kappa shape index (κ2) is 6.46. The lowest BCUT2D eigenvalue weighted by Gasteiger charge is -2.10. The molecule has 0 heterocycles. The first-order valence-corrected chi connectivity index (χ1v) is 5.66. The fraction of sp³-hybridized carbons (Fsp3) is 0.417. The minimum Gasteiger partial charge on any atom is -0.352 e. The minimum atomic E-state index is -0.0166. The van der Waals surface area contributed by atoms with Crippen LogP contribution in [0.25, 0.3) is 0 Å². The number of hydrogen-bond acceptors (Lipinski definition) is 1. The molecule has 0 spiro atoms. The summed E-state index contributed by atoms with van der Waals surface area (Å²) in [7, 11) is 0. The van der Waals surface area contributed by atoms with Gasteiger partial charge >= 0.3 is 0 Å². The molecule has 0 aromatic heterocycles. The van der Waals surface area contributed by atoms with Gasteiger partial charge in [-0.2, -0.15) is 0 Å². The molecule has 1 aromatic carbocycles. The Morgan fingerprint density at radius 1 is 1.40 bits per heavy atom. The van der Waals surface area contributed by atoms with Crippen LogP contribution in [0.15, 0.2) is 30.3 Å². The molecule has 0 aliphatic heterocycles. The monoisotopic (exact) mass is 225 g/mol. The summed E-state index contributed by atoms with van der Waals surface area (Å²) in [5.41, 5.74) is 0.704. The van der Waals surface area contributed by atoms with Crippen LogP contribution in [0.1, 0.15) is 23.7 Å². The quantitative estimate of drug-likeness (QED) is 0.767. The van der Waals surface area contributed by atoms with Gasteiger partial charge in [0, 0.05) is 18.0 Å². The van der Waals surface area contributed by atoms with E-state index in [1.54, 1.807) is 0 Å². The molecular weight excluding hydrogens is 210 g/mol. The molecular formula is C12H16ClNO. The summed E-state index contributed by atoms with van der Waals surface area (Å²) in [6, 6.07) is 9.23. The van der Waals surface area contributed by atoms with Crippen molar-refractivity contribution in [1.82, 2.24) is 5.32 Å². The SMILES string of the molecule is CC(CCCl)CNC(=O)c1ccccc1. The van der Waals surface area contributed by atoms with E-state index >= 15 is 0 Å². The number of hydrogen-bond donors (Lipinski definition) is 1. The van der Waals surface area contributed by atoms with Crippen molar-refractivity contribution in [3.8, 4) is 0 Å². The molecule has 15 heavy (non-hydrogen) atoms. The first kappa shape index (κ1) is 12.1. The summed E-state index contributed by atoms with van der Waals surface area (Å²) in [6.07, 6.45) is 0.927. The largest absolute Gasteiger partial charge is 0.352 e. The van der Waals surface area contributed by atoms with Gasteiger partial charge in [-0.05, 0) is 24.5 Å². The zero-order valence-electron chi connectivity index (χ0n) is 8.87. The molecule has 0 fully saturated rings. The van der Waals surface area contributed by atoms with Crippen LogP contribution in [0, 0.1) is 5.92 Å². The lowest BCUT2D eigenvalue weighted by atomic mass is 10.1. The third-order valence-corrected chi connectivity index (χ3v) is 2.47. The Balaban J connectivity index is 2.37. The van der Waals surface area contributed by atoms with Crippen LogP contribution in [-0.4, -0.2) is 18.3 Å². The van der Waals surface area contributed by atoms with Crippen molar-refractivity contribution in [2.24, 2.45) is 5.92 Å². The van der Waals surface area contributed by atoms with Gasteiger partial charge in [-0.1, -0.05) is 25.1 Å². The maximum absolute atomic E-state index is 11.6. The smallest absolute Gasteiger partial charge is 0.251 e. The highest BCUT2D eigenvalue weighted by Gasteiger charge is 2.06. The summed E-state index contributed by atoms with van der Waals surface area (Å²) >= 11 is 5.62. The van der Waals surface area contributed by atoms with E-state index in [1.807, 2.05) is 30.3 Å². The normalized spacial score (nSPS) is 12.1. The van der Waals surface area contributed by atoms with E-state index in [1.165, 1.54) is 0 Å². The summed E-state index contributed by atoms with van der Waals surface area (Å²) < 4.78 is 0. The third-order valence-electron chi connectivity index (χ3n) is 2.25. The highest BCUT2D eigenvalue weighted by molar-refractivity contribution is 6.17. The second-order valence-electron chi connectivity index (χ2n) is 3.66. The van der Waals surface area contributed by atoms with Gasteiger partial charge < -0.3 is 5.32 Å². The maximum Gasteiger partial charge on any atom is 0.251 e. The zero-order valence-corrected chi connectivity index (χ0v) is 9.63.